The number of aryl methyl sites for hydroxylation is 1. The lowest BCUT2D eigenvalue weighted by Crippen LogP contribution is -2.29. The predicted molar refractivity (Wildman–Crippen MR) is 95.5 cm³/mol. The molecule has 7 nitrogen and oxygen atoms in total. The summed E-state index contributed by atoms with van der Waals surface area (Å²) >= 11 is 6.09. The minimum Gasteiger partial charge on any atom is -0.338 e. The number of rotatable bonds is 4. The van der Waals surface area contributed by atoms with Gasteiger partial charge in [-0.15, -0.1) is 5.10 Å². The van der Waals surface area contributed by atoms with Crippen LogP contribution in [0.3, 0.4) is 0 Å². The van der Waals surface area contributed by atoms with Crippen LogP contribution in [0.25, 0.3) is 5.69 Å². The molecule has 3 heterocycles. The first-order valence-corrected chi connectivity index (χ1v) is 8.71. The maximum absolute atomic E-state index is 13.2. The Balaban J connectivity index is 1.47. The van der Waals surface area contributed by atoms with E-state index in [2.05, 4.69) is 20.2 Å². The van der Waals surface area contributed by atoms with E-state index < -0.39 is 0 Å². The highest BCUT2D eigenvalue weighted by molar-refractivity contribution is 6.32. The molecule has 2 aromatic heterocycles. The van der Waals surface area contributed by atoms with Crippen LogP contribution in [0.2, 0.25) is 5.02 Å². The molecular formula is C17H19ClFN7. The molecule has 1 aliphatic heterocycles. The van der Waals surface area contributed by atoms with Gasteiger partial charge in [0.25, 0.3) is 0 Å². The second-order valence-corrected chi connectivity index (χ2v) is 7.02. The molecule has 4 rings (SSSR count). The van der Waals surface area contributed by atoms with Gasteiger partial charge in [0.2, 0.25) is 0 Å². The van der Waals surface area contributed by atoms with E-state index in [9.17, 15) is 4.39 Å². The molecule has 3 aromatic rings. The van der Waals surface area contributed by atoms with Crippen LogP contribution in [0.4, 0.5) is 4.39 Å². The summed E-state index contributed by atoms with van der Waals surface area (Å²) in [6.45, 7) is 2.21. The van der Waals surface area contributed by atoms with Gasteiger partial charge in [-0.05, 0) is 18.2 Å². The molecule has 9 heteroatoms. The molecule has 0 bridgehead atoms. The van der Waals surface area contributed by atoms with E-state index in [1.165, 1.54) is 12.1 Å². The Hall–Kier alpha value is -2.29. The Bertz CT molecular complexity index is 921. The minimum atomic E-state index is -0.384. The second kappa shape index (κ2) is 6.79. The highest BCUT2D eigenvalue weighted by Gasteiger charge is 2.33. The van der Waals surface area contributed by atoms with E-state index >= 15 is 0 Å². The second-order valence-electron chi connectivity index (χ2n) is 6.61. The van der Waals surface area contributed by atoms with Crippen molar-refractivity contribution < 1.29 is 4.39 Å². The van der Waals surface area contributed by atoms with Gasteiger partial charge in [-0.2, -0.15) is 0 Å². The quantitative estimate of drug-likeness (QED) is 0.751. The summed E-state index contributed by atoms with van der Waals surface area (Å²) in [5.74, 6) is 0.809. The van der Waals surface area contributed by atoms with Gasteiger partial charge < -0.3 is 10.3 Å². The molecule has 1 fully saturated rings. The minimum absolute atomic E-state index is 0.0256. The van der Waals surface area contributed by atoms with Gasteiger partial charge >= 0.3 is 0 Å². The van der Waals surface area contributed by atoms with Crippen molar-refractivity contribution in [2.45, 2.75) is 18.5 Å². The van der Waals surface area contributed by atoms with Crippen molar-refractivity contribution in [3.63, 3.8) is 0 Å². The summed E-state index contributed by atoms with van der Waals surface area (Å²) in [4.78, 5) is 6.67. The first-order chi connectivity index (χ1) is 12.5. The Morgan fingerprint density at radius 3 is 2.92 bits per heavy atom. The number of aromatic nitrogens is 5. The van der Waals surface area contributed by atoms with Crippen LogP contribution >= 0.6 is 11.6 Å². The average molecular weight is 376 g/mol. The third-order valence-corrected chi connectivity index (χ3v) is 5.02. The number of nitrogens with zero attached hydrogens (tertiary/aromatic N) is 6. The van der Waals surface area contributed by atoms with Gasteiger partial charge in [0, 0.05) is 51.0 Å². The predicted octanol–water partition coefficient (Wildman–Crippen LogP) is 1.72. The molecule has 26 heavy (non-hydrogen) atoms. The molecule has 2 N–H and O–H groups in total. The molecule has 1 saturated heterocycles. The fourth-order valence-electron chi connectivity index (χ4n) is 3.43. The van der Waals surface area contributed by atoms with Crippen LogP contribution in [0.5, 0.6) is 0 Å². The Kier molecular flexibility index (Phi) is 4.47. The SMILES string of the molecule is Cn1ccnc1[C@@H]1CN(Cc2cn(-c3ccc(F)cc3Cl)nn2)C[C@H]1N. The third kappa shape index (κ3) is 3.23. The normalized spacial score (nSPS) is 20.8. The van der Waals surface area contributed by atoms with Gasteiger partial charge in [-0.1, -0.05) is 16.8 Å². The number of benzene rings is 1. The first-order valence-electron chi connectivity index (χ1n) is 8.33. The van der Waals surface area contributed by atoms with Crippen molar-refractivity contribution in [2.75, 3.05) is 13.1 Å². The summed E-state index contributed by atoms with van der Waals surface area (Å²) in [5.41, 5.74) is 7.72. The van der Waals surface area contributed by atoms with Gasteiger partial charge in [-0.25, -0.2) is 14.1 Å². The lowest BCUT2D eigenvalue weighted by atomic mass is 10.0. The number of nitrogens with two attached hydrogens (primary N) is 1. The van der Waals surface area contributed by atoms with Gasteiger partial charge in [-0.3, -0.25) is 4.90 Å². The number of hydrogen-bond acceptors (Lipinski definition) is 5. The van der Waals surface area contributed by atoms with E-state index in [0.717, 1.165) is 24.6 Å². The lowest BCUT2D eigenvalue weighted by Gasteiger charge is -2.14. The van der Waals surface area contributed by atoms with Crippen LogP contribution < -0.4 is 5.73 Å². The molecule has 1 aliphatic rings. The van der Waals surface area contributed by atoms with Gasteiger partial charge in [0.1, 0.15) is 11.6 Å². The number of likely N-dealkylation sites (tertiary alicyclic amines) is 1. The van der Waals surface area contributed by atoms with Crippen LogP contribution in [0.1, 0.15) is 17.4 Å². The zero-order valence-corrected chi connectivity index (χ0v) is 15.0. The van der Waals surface area contributed by atoms with Crippen LogP contribution in [0.15, 0.2) is 36.8 Å². The van der Waals surface area contributed by atoms with Crippen molar-refractivity contribution in [1.29, 1.82) is 0 Å². The summed E-state index contributed by atoms with van der Waals surface area (Å²) in [5, 5.41) is 8.60. The number of hydrogen-bond donors (Lipinski definition) is 1. The zero-order valence-electron chi connectivity index (χ0n) is 14.3. The van der Waals surface area contributed by atoms with Gasteiger partial charge in [0.15, 0.2) is 0 Å². The smallest absolute Gasteiger partial charge is 0.124 e. The van der Waals surface area contributed by atoms with E-state index in [4.69, 9.17) is 17.3 Å². The maximum atomic E-state index is 13.2. The molecule has 0 aliphatic carbocycles. The Morgan fingerprint density at radius 2 is 2.19 bits per heavy atom. The van der Waals surface area contributed by atoms with E-state index in [1.807, 2.05) is 17.8 Å². The van der Waals surface area contributed by atoms with Crippen molar-refractivity contribution >= 4 is 11.6 Å². The van der Waals surface area contributed by atoms with E-state index in [0.29, 0.717) is 17.3 Å². The maximum Gasteiger partial charge on any atom is 0.124 e. The molecular weight excluding hydrogens is 357 g/mol. The average Bonchev–Trinajstić information content (AvgIpc) is 3.29. The van der Waals surface area contributed by atoms with Crippen molar-refractivity contribution in [3.05, 3.63) is 59.1 Å². The summed E-state index contributed by atoms with van der Waals surface area (Å²) in [6, 6.07) is 4.21. The van der Waals surface area contributed by atoms with Crippen molar-refractivity contribution in [2.24, 2.45) is 12.8 Å². The molecule has 0 unspecified atom stereocenters. The van der Waals surface area contributed by atoms with Crippen molar-refractivity contribution in [1.82, 2.24) is 29.4 Å². The lowest BCUT2D eigenvalue weighted by molar-refractivity contribution is 0.318. The largest absolute Gasteiger partial charge is 0.338 e. The van der Waals surface area contributed by atoms with E-state index in [-0.39, 0.29) is 17.8 Å². The number of imidazole rings is 1. The Labute approximate surface area is 155 Å². The molecule has 1 aromatic carbocycles. The standard InChI is InChI=1S/C17H19ClFN7/c1-24-5-4-21-17(24)13-9-25(10-15(13)20)7-12-8-26(23-22-12)16-3-2-11(19)6-14(16)18/h2-6,8,13,15H,7,9-10,20H2,1H3/t13-,15-/m1/s1. The van der Waals surface area contributed by atoms with E-state index in [1.54, 1.807) is 23.1 Å². The fraction of sp³-hybridized carbons (Fsp3) is 0.353. The molecule has 0 spiro atoms. The zero-order chi connectivity index (χ0) is 18.3. The molecule has 136 valence electrons. The summed E-state index contributed by atoms with van der Waals surface area (Å²) < 4.78 is 16.8. The topological polar surface area (TPSA) is 77.8 Å². The molecule has 0 saturated carbocycles. The molecule has 0 amide bonds. The number of halogens is 2. The summed E-state index contributed by atoms with van der Waals surface area (Å²) in [6.07, 6.45) is 5.53. The monoisotopic (exact) mass is 375 g/mol. The van der Waals surface area contributed by atoms with Crippen molar-refractivity contribution in [3.8, 4) is 5.69 Å². The third-order valence-electron chi connectivity index (χ3n) is 4.71. The van der Waals surface area contributed by atoms with Crippen LogP contribution in [-0.4, -0.2) is 48.6 Å². The highest BCUT2D eigenvalue weighted by atomic mass is 35.5. The highest BCUT2D eigenvalue weighted by Crippen LogP contribution is 2.26. The summed E-state index contributed by atoms with van der Waals surface area (Å²) in [7, 11) is 1.98. The Morgan fingerprint density at radius 1 is 1.35 bits per heavy atom. The molecule has 0 radical (unpaired) electrons. The molecule has 2 atom stereocenters. The van der Waals surface area contributed by atoms with Crippen LogP contribution in [0, 0.1) is 5.82 Å². The fourth-order valence-corrected chi connectivity index (χ4v) is 3.69. The van der Waals surface area contributed by atoms with Crippen LogP contribution in [-0.2, 0) is 13.6 Å². The first kappa shape index (κ1) is 17.1. The van der Waals surface area contributed by atoms with Gasteiger partial charge in [0.05, 0.1) is 22.6 Å².